The van der Waals surface area contributed by atoms with Gasteiger partial charge in [-0.3, -0.25) is 9.55 Å². The molecule has 0 saturated heterocycles. The second kappa shape index (κ2) is 15.5. The molecule has 1 N–H and O–H groups in total. The molecule has 0 radical (unpaired) electrons. The Balaban J connectivity index is 1.31. The Morgan fingerprint density at radius 2 is 1.16 bits per heavy atom. The lowest BCUT2D eigenvalue weighted by molar-refractivity contribution is 0.477. The third-order valence-electron chi connectivity index (χ3n) is 11.6. The molecule has 0 amide bonds. The fraction of sp³-hybridized carbons (Fsp3) is 0.158. The first-order chi connectivity index (χ1) is 30.5. The van der Waals surface area contributed by atoms with Crippen LogP contribution in [0.25, 0.3) is 83.9 Å². The Morgan fingerprint density at radius 1 is 0.508 bits per heavy atom. The minimum Gasteiger partial charge on any atom is -0.507 e. The van der Waals surface area contributed by atoms with Crippen LogP contribution in [-0.4, -0.2) is 19.6 Å². The van der Waals surface area contributed by atoms with Crippen LogP contribution in [-0.2, 0) is 10.8 Å². The molecule has 0 aliphatic carbocycles. The lowest BCUT2D eigenvalue weighted by Crippen LogP contribution is -2.14. The zero-order valence-corrected chi connectivity index (χ0v) is 35.5. The van der Waals surface area contributed by atoms with Crippen LogP contribution in [0, 0.1) is 6.85 Å². The first-order valence-electron chi connectivity index (χ1n) is 22.4. The minimum atomic E-state index is -2.17. The van der Waals surface area contributed by atoms with Crippen molar-refractivity contribution < 1.29 is 9.22 Å². The standard InChI is InChI=1S/C57H51N3O/c1-37-25-27-38(28-26-37)41-29-30-58-50(34-41)43-31-42(32-44(33-43)56(2,3)4)45-22-16-23-51-54(45)59-55(46-21-14-15-24-53(46)61)60(51)52-36-47(39-17-10-8-11-18-39)49(57(5,6)7)35-48(52)40-19-12-9-13-20-40/h8-36,61H,1-7H3/i1D3. The van der Waals surface area contributed by atoms with E-state index in [9.17, 15) is 5.11 Å². The van der Waals surface area contributed by atoms with Gasteiger partial charge in [0.1, 0.15) is 11.6 Å². The summed E-state index contributed by atoms with van der Waals surface area (Å²) in [7, 11) is 0. The Bertz CT molecular complexity index is 3160. The quantitative estimate of drug-likeness (QED) is 0.175. The summed E-state index contributed by atoms with van der Waals surface area (Å²) in [5.41, 5.74) is 15.5. The Kier molecular flexibility index (Phi) is 9.13. The fourth-order valence-corrected chi connectivity index (χ4v) is 8.31. The molecule has 0 spiro atoms. The molecule has 0 unspecified atom stereocenters. The second-order valence-corrected chi connectivity index (χ2v) is 17.9. The number of benzene rings is 7. The van der Waals surface area contributed by atoms with Crippen LogP contribution in [0.2, 0.25) is 0 Å². The lowest BCUT2D eigenvalue weighted by Gasteiger charge is -2.27. The molecular weight excluding hydrogens is 743 g/mol. The highest BCUT2D eigenvalue weighted by Gasteiger charge is 2.27. The molecule has 2 aromatic heterocycles. The van der Waals surface area contributed by atoms with Crippen molar-refractivity contribution in [1.82, 2.24) is 14.5 Å². The van der Waals surface area contributed by atoms with Crippen molar-refractivity contribution in [2.75, 3.05) is 0 Å². The number of hydrogen-bond acceptors (Lipinski definition) is 3. The molecule has 4 heteroatoms. The summed E-state index contributed by atoms with van der Waals surface area (Å²) >= 11 is 0. The van der Waals surface area contributed by atoms with Gasteiger partial charge in [0, 0.05) is 27.0 Å². The van der Waals surface area contributed by atoms with E-state index in [1.807, 2.05) is 48.7 Å². The molecule has 0 aliphatic heterocycles. The second-order valence-electron chi connectivity index (χ2n) is 17.9. The van der Waals surface area contributed by atoms with Gasteiger partial charge in [-0.15, -0.1) is 0 Å². The molecule has 61 heavy (non-hydrogen) atoms. The van der Waals surface area contributed by atoms with E-state index in [0.717, 1.165) is 78.0 Å². The predicted octanol–water partition coefficient (Wildman–Crippen LogP) is 15.0. The van der Waals surface area contributed by atoms with Gasteiger partial charge in [-0.05, 0) is 117 Å². The van der Waals surface area contributed by atoms with Crippen LogP contribution in [0.3, 0.4) is 0 Å². The maximum absolute atomic E-state index is 11.6. The molecule has 0 bridgehead atoms. The smallest absolute Gasteiger partial charge is 0.149 e. The lowest BCUT2D eigenvalue weighted by atomic mass is 9.79. The normalized spacial score (nSPS) is 12.9. The van der Waals surface area contributed by atoms with E-state index in [4.69, 9.17) is 14.1 Å². The van der Waals surface area contributed by atoms with Gasteiger partial charge in [-0.2, -0.15) is 0 Å². The molecule has 0 aliphatic rings. The number of rotatable bonds is 7. The maximum Gasteiger partial charge on any atom is 0.149 e. The highest BCUT2D eigenvalue weighted by molar-refractivity contribution is 5.98. The van der Waals surface area contributed by atoms with Crippen molar-refractivity contribution in [1.29, 1.82) is 0 Å². The van der Waals surface area contributed by atoms with E-state index >= 15 is 0 Å². The van der Waals surface area contributed by atoms with Crippen molar-refractivity contribution in [3.8, 4) is 78.6 Å². The SMILES string of the molecule is [2H]C([2H])([2H])c1ccc(-c2ccnc(-c3cc(-c4cccc5c4nc(-c4ccccc4O)n5-c4cc(-c5ccccc5)c(C(C)(C)C)cc4-c4ccccc4)cc(C(C)(C)C)c3)c2)cc1. The van der Waals surface area contributed by atoms with Gasteiger partial charge < -0.3 is 5.11 Å². The number of aromatic hydroxyl groups is 1. The molecule has 0 fully saturated rings. The Labute approximate surface area is 364 Å². The largest absolute Gasteiger partial charge is 0.507 e. The van der Waals surface area contributed by atoms with Crippen LogP contribution < -0.4 is 0 Å². The van der Waals surface area contributed by atoms with Gasteiger partial charge in [-0.25, -0.2) is 4.98 Å². The van der Waals surface area contributed by atoms with Gasteiger partial charge >= 0.3 is 0 Å². The van der Waals surface area contributed by atoms with E-state index in [2.05, 4.69) is 155 Å². The molecule has 9 rings (SSSR count). The Morgan fingerprint density at radius 3 is 1.84 bits per heavy atom. The van der Waals surface area contributed by atoms with Gasteiger partial charge in [-0.1, -0.05) is 162 Å². The van der Waals surface area contributed by atoms with Crippen molar-refractivity contribution >= 4 is 11.0 Å². The van der Waals surface area contributed by atoms with Crippen LogP contribution in [0.4, 0.5) is 0 Å². The number of nitrogens with zero attached hydrogens (tertiary/aromatic N) is 3. The van der Waals surface area contributed by atoms with E-state index in [1.54, 1.807) is 18.2 Å². The number of phenols is 1. The minimum absolute atomic E-state index is 0.146. The molecule has 0 atom stereocenters. The molecule has 7 aromatic carbocycles. The molecule has 0 saturated carbocycles. The fourth-order valence-electron chi connectivity index (χ4n) is 8.31. The van der Waals surface area contributed by atoms with Crippen molar-refractivity contribution in [3.05, 3.63) is 193 Å². The third-order valence-corrected chi connectivity index (χ3v) is 11.6. The summed E-state index contributed by atoms with van der Waals surface area (Å²) in [4.78, 5) is 10.4. The average Bonchev–Trinajstić information content (AvgIpc) is 3.68. The van der Waals surface area contributed by atoms with E-state index in [-0.39, 0.29) is 16.6 Å². The van der Waals surface area contributed by atoms with Gasteiger partial charge in [0.05, 0.1) is 28.0 Å². The van der Waals surface area contributed by atoms with Crippen molar-refractivity contribution in [3.63, 3.8) is 0 Å². The maximum atomic E-state index is 11.6. The van der Waals surface area contributed by atoms with Crippen LogP contribution in [0.1, 0.15) is 62.3 Å². The highest BCUT2D eigenvalue weighted by atomic mass is 16.3. The van der Waals surface area contributed by atoms with Crippen molar-refractivity contribution in [2.24, 2.45) is 0 Å². The number of fused-ring (bicyclic) bond motifs is 1. The molecule has 4 nitrogen and oxygen atoms in total. The summed E-state index contributed by atoms with van der Waals surface area (Å²) < 4.78 is 25.7. The monoisotopic (exact) mass is 796 g/mol. The first kappa shape index (κ1) is 35.9. The van der Waals surface area contributed by atoms with Gasteiger partial charge in [0.15, 0.2) is 0 Å². The van der Waals surface area contributed by atoms with E-state index < -0.39 is 6.85 Å². The number of aryl methyl sites for hydroxylation is 1. The summed E-state index contributed by atoms with van der Waals surface area (Å²) in [6.07, 6.45) is 1.81. The zero-order valence-electron chi connectivity index (χ0n) is 38.5. The topological polar surface area (TPSA) is 50.9 Å². The van der Waals surface area contributed by atoms with Crippen LogP contribution in [0.5, 0.6) is 5.75 Å². The number of hydrogen-bond donors (Lipinski definition) is 1. The van der Waals surface area contributed by atoms with Gasteiger partial charge in [0.25, 0.3) is 0 Å². The molecular formula is C57H51N3O. The molecule has 9 aromatic rings. The Hall–Kier alpha value is -7.04. The van der Waals surface area contributed by atoms with Crippen LogP contribution >= 0.6 is 0 Å². The summed E-state index contributed by atoms with van der Waals surface area (Å²) in [5.74, 6) is 0.777. The zero-order chi connectivity index (χ0) is 45.0. The third kappa shape index (κ3) is 7.66. The van der Waals surface area contributed by atoms with Gasteiger partial charge in [0.2, 0.25) is 0 Å². The highest BCUT2D eigenvalue weighted by Crippen LogP contribution is 2.45. The van der Waals surface area contributed by atoms with E-state index in [0.29, 0.717) is 17.0 Å². The van der Waals surface area contributed by atoms with Crippen molar-refractivity contribution in [2.45, 2.75) is 59.2 Å². The number of para-hydroxylation sites is 2. The van der Waals surface area contributed by atoms with E-state index in [1.165, 1.54) is 5.56 Å². The molecule has 300 valence electrons. The number of phenolic OH excluding ortho intramolecular Hbond substituents is 1. The van der Waals surface area contributed by atoms with Crippen LogP contribution in [0.15, 0.2) is 176 Å². The predicted molar refractivity (Wildman–Crippen MR) is 255 cm³/mol. The summed E-state index contributed by atoms with van der Waals surface area (Å²) in [5, 5.41) is 11.6. The summed E-state index contributed by atoms with van der Waals surface area (Å²) in [6, 6.07) is 57.3. The average molecular weight is 797 g/mol. The number of pyridine rings is 1. The summed E-state index contributed by atoms with van der Waals surface area (Å²) in [6.45, 7) is 11.3. The molecule has 2 heterocycles. The first-order valence-corrected chi connectivity index (χ1v) is 20.9. The number of aromatic nitrogens is 3. The number of imidazole rings is 1.